The van der Waals surface area contributed by atoms with Gasteiger partial charge in [0.2, 0.25) is 0 Å². The normalized spacial score (nSPS) is 11.2. The average molecular weight is 280 g/mol. The number of para-hydroxylation sites is 1. The third-order valence-corrected chi connectivity index (χ3v) is 3.74. The minimum atomic E-state index is 0.432. The molecule has 4 nitrogen and oxygen atoms in total. The van der Waals surface area contributed by atoms with Crippen LogP contribution in [0.25, 0.3) is 16.6 Å². The zero-order valence-corrected chi connectivity index (χ0v) is 12.5. The first kappa shape index (κ1) is 13.8. The van der Waals surface area contributed by atoms with Crippen molar-refractivity contribution in [2.45, 2.75) is 33.2 Å². The molecule has 0 saturated carbocycles. The third kappa shape index (κ3) is 2.43. The van der Waals surface area contributed by atoms with Crippen LogP contribution in [0.3, 0.4) is 0 Å². The smallest absolute Gasteiger partial charge is 0.0761 e. The van der Waals surface area contributed by atoms with Gasteiger partial charge in [-0.3, -0.25) is 4.98 Å². The van der Waals surface area contributed by atoms with Crippen LogP contribution in [0.1, 0.15) is 30.9 Å². The van der Waals surface area contributed by atoms with E-state index >= 15 is 0 Å². The number of fused-ring (bicyclic) bond motifs is 1. The van der Waals surface area contributed by atoms with E-state index in [1.807, 2.05) is 28.9 Å². The molecule has 0 unspecified atom stereocenters. The number of rotatable bonds is 4. The minimum Gasteiger partial charge on any atom is -0.325 e. The van der Waals surface area contributed by atoms with Gasteiger partial charge in [-0.1, -0.05) is 32.0 Å². The standard InChI is InChI=1S/C17H20N4/c1-3-12-9-14(4-2)21(20-12)17-10-13(11-18)19-16-8-6-5-7-15(16)17/h5-10H,3-4,11,18H2,1-2H3. The van der Waals surface area contributed by atoms with Crippen molar-refractivity contribution in [3.8, 4) is 5.69 Å². The van der Waals surface area contributed by atoms with Gasteiger partial charge in [-0.2, -0.15) is 5.10 Å². The zero-order valence-electron chi connectivity index (χ0n) is 12.5. The van der Waals surface area contributed by atoms with Gasteiger partial charge in [-0.05, 0) is 31.0 Å². The number of hydrogen-bond acceptors (Lipinski definition) is 3. The summed E-state index contributed by atoms with van der Waals surface area (Å²) >= 11 is 0. The fraction of sp³-hybridized carbons (Fsp3) is 0.294. The largest absolute Gasteiger partial charge is 0.325 e. The number of hydrogen-bond donors (Lipinski definition) is 1. The summed E-state index contributed by atoms with van der Waals surface area (Å²) in [5.41, 5.74) is 11.0. The van der Waals surface area contributed by atoms with E-state index < -0.39 is 0 Å². The number of nitrogens with two attached hydrogens (primary N) is 1. The van der Waals surface area contributed by atoms with Crippen LogP contribution in [-0.2, 0) is 19.4 Å². The van der Waals surface area contributed by atoms with E-state index in [0.29, 0.717) is 6.54 Å². The van der Waals surface area contributed by atoms with Gasteiger partial charge in [-0.15, -0.1) is 0 Å². The van der Waals surface area contributed by atoms with Crippen molar-refractivity contribution >= 4 is 10.9 Å². The second-order valence-corrected chi connectivity index (χ2v) is 5.10. The highest BCUT2D eigenvalue weighted by atomic mass is 15.3. The molecule has 0 saturated heterocycles. The molecule has 3 aromatic rings. The molecule has 0 radical (unpaired) electrons. The summed E-state index contributed by atoms with van der Waals surface area (Å²) in [7, 11) is 0. The van der Waals surface area contributed by atoms with E-state index in [9.17, 15) is 0 Å². The maximum atomic E-state index is 5.80. The van der Waals surface area contributed by atoms with Crippen LogP contribution in [0.4, 0.5) is 0 Å². The van der Waals surface area contributed by atoms with E-state index in [1.165, 1.54) is 5.69 Å². The molecule has 108 valence electrons. The number of aryl methyl sites for hydroxylation is 2. The molecular weight excluding hydrogens is 260 g/mol. The molecule has 0 aliphatic rings. The summed E-state index contributed by atoms with van der Waals surface area (Å²) < 4.78 is 2.04. The summed E-state index contributed by atoms with van der Waals surface area (Å²) in [5, 5.41) is 5.85. The lowest BCUT2D eigenvalue weighted by Crippen LogP contribution is -2.07. The Bertz CT molecular complexity index is 774. The second kappa shape index (κ2) is 5.66. The summed E-state index contributed by atoms with van der Waals surface area (Å²) in [4.78, 5) is 4.60. The third-order valence-electron chi connectivity index (χ3n) is 3.74. The molecule has 21 heavy (non-hydrogen) atoms. The Hall–Kier alpha value is -2.20. The maximum absolute atomic E-state index is 5.80. The molecular formula is C17H20N4. The van der Waals surface area contributed by atoms with Crippen molar-refractivity contribution in [3.05, 3.63) is 53.5 Å². The van der Waals surface area contributed by atoms with E-state index in [1.54, 1.807) is 0 Å². The maximum Gasteiger partial charge on any atom is 0.0761 e. The van der Waals surface area contributed by atoms with Crippen LogP contribution in [0.2, 0.25) is 0 Å². The highest BCUT2D eigenvalue weighted by Gasteiger charge is 2.12. The fourth-order valence-corrected chi connectivity index (χ4v) is 2.60. The molecule has 0 aliphatic heterocycles. The Kier molecular flexibility index (Phi) is 3.71. The van der Waals surface area contributed by atoms with Gasteiger partial charge in [0.1, 0.15) is 0 Å². The van der Waals surface area contributed by atoms with Crippen molar-refractivity contribution in [2.75, 3.05) is 0 Å². The van der Waals surface area contributed by atoms with Gasteiger partial charge in [0.25, 0.3) is 0 Å². The van der Waals surface area contributed by atoms with E-state index in [4.69, 9.17) is 10.8 Å². The first-order valence-corrected chi connectivity index (χ1v) is 7.43. The summed E-state index contributed by atoms with van der Waals surface area (Å²) in [5.74, 6) is 0. The molecule has 0 spiro atoms. The lowest BCUT2D eigenvalue weighted by molar-refractivity contribution is 0.795. The zero-order chi connectivity index (χ0) is 14.8. The molecule has 0 amide bonds. The first-order valence-electron chi connectivity index (χ1n) is 7.43. The number of aromatic nitrogens is 3. The Morgan fingerprint density at radius 3 is 2.57 bits per heavy atom. The van der Waals surface area contributed by atoms with E-state index in [2.05, 4.69) is 31.0 Å². The fourth-order valence-electron chi connectivity index (χ4n) is 2.60. The van der Waals surface area contributed by atoms with Crippen molar-refractivity contribution in [2.24, 2.45) is 5.73 Å². The van der Waals surface area contributed by atoms with Crippen molar-refractivity contribution in [1.29, 1.82) is 0 Å². The SMILES string of the molecule is CCc1cc(CC)n(-c2cc(CN)nc3ccccc23)n1. The topological polar surface area (TPSA) is 56.7 Å². The minimum absolute atomic E-state index is 0.432. The Morgan fingerprint density at radius 2 is 1.86 bits per heavy atom. The average Bonchev–Trinajstić information content (AvgIpc) is 2.97. The van der Waals surface area contributed by atoms with Crippen molar-refractivity contribution in [1.82, 2.24) is 14.8 Å². The predicted molar refractivity (Wildman–Crippen MR) is 85.5 cm³/mol. The van der Waals surface area contributed by atoms with Crippen molar-refractivity contribution < 1.29 is 0 Å². The molecule has 2 aromatic heterocycles. The van der Waals surface area contributed by atoms with Gasteiger partial charge in [-0.25, -0.2) is 4.68 Å². The highest BCUT2D eigenvalue weighted by molar-refractivity contribution is 5.87. The second-order valence-electron chi connectivity index (χ2n) is 5.10. The molecule has 0 bridgehead atoms. The number of benzene rings is 1. The highest BCUT2D eigenvalue weighted by Crippen LogP contribution is 2.24. The Morgan fingerprint density at radius 1 is 1.05 bits per heavy atom. The Balaban J connectivity index is 2.30. The molecule has 2 N–H and O–H groups in total. The lowest BCUT2D eigenvalue weighted by atomic mass is 10.1. The van der Waals surface area contributed by atoms with Gasteiger partial charge in [0, 0.05) is 17.6 Å². The van der Waals surface area contributed by atoms with Crippen LogP contribution in [0.15, 0.2) is 36.4 Å². The summed E-state index contributed by atoms with van der Waals surface area (Å²) in [6, 6.07) is 12.4. The van der Waals surface area contributed by atoms with Crippen LogP contribution in [0, 0.1) is 0 Å². The van der Waals surface area contributed by atoms with Crippen molar-refractivity contribution in [3.63, 3.8) is 0 Å². The molecule has 2 heterocycles. The van der Waals surface area contributed by atoms with Crippen LogP contribution < -0.4 is 5.73 Å². The van der Waals surface area contributed by atoms with Crippen LogP contribution in [0.5, 0.6) is 0 Å². The first-order chi connectivity index (χ1) is 10.3. The van der Waals surface area contributed by atoms with Gasteiger partial charge >= 0.3 is 0 Å². The molecule has 1 aromatic carbocycles. The predicted octanol–water partition coefficient (Wildman–Crippen LogP) is 3.00. The monoisotopic (exact) mass is 280 g/mol. The summed E-state index contributed by atoms with van der Waals surface area (Å²) in [6.45, 7) is 4.71. The Labute approximate surface area is 124 Å². The van der Waals surface area contributed by atoms with Gasteiger partial charge in [0.05, 0.1) is 22.6 Å². The number of pyridine rings is 1. The number of nitrogens with zero attached hydrogens (tertiary/aromatic N) is 3. The van der Waals surface area contributed by atoms with Crippen LogP contribution in [-0.4, -0.2) is 14.8 Å². The van der Waals surface area contributed by atoms with Gasteiger partial charge in [0.15, 0.2) is 0 Å². The molecule has 0 fully saturated rings. The van der Waals surface area contributed by atoms with Crippen LogP contribution >= 0.6 is 0 Å². The van der Waals surface area contributed by atoms with E-state index in [0.717, 1.165) is 40.8 Å². The molecule has 0 aliphatic carbocycles. The molecule has 4 heteroatoms. The molecule has 3 rings (SSSR count). The van der Waals surface area contributed by atoms with E-state index in [-0.39, 0.29) is 0 Å². The quantitative estimate of drug-likeness (QED) is 0.799. The van der Waals surface area contributed by atoms with Gasteiger partial charge < -0.3 is 5.73 Å². The summed E-state index contributed by atoms with van der Waals surface area (Å²) in [6.07, 6.45) is 1.88. The molecule has 0 atom stereocenters. The lowest BCUT2D eigenvalue weighted by Gasteiger charge is -2.11.